The molecule has 1 saturated heterocycles. The van der Waals surface area contributed by atoms with Gasteiger partial charge in [0.1, 0.15) is 0 Å². The highest BCUT2D eigenvalue weighted by molar-refractivity contribution is 5.57. The fourth-order valence-corrected chi connectivity index (χ4v) is 4.06. The first-order valence-electron chi connectivity index (χ1n) is 9.98. The first-order valence-corrected chi connectivity index (χ1v) is 9.98. The number of alkyl halides is 2. The van der Waals surface area contributed by atoms with Crippen LogP contribution in [0.3, 0.4) is 0 Å². The number of nitrogens with one attached hydrogen (secondary N) is 1. The Labute approximate surface area is 164 Å². The molecule has 4 nitrogen and oxygen atoms in total. The lowest BCUT2D eigenvalue weighted by Gasteiger charge is -2.36. The number of nitrogens with zero attached hydrogens (tertiary/aromatic N) is 1. The standard InChI is InChI=1S/C22H26F2N2O2/c23-22(24)28-20-11-10-17(14-21(20)27-18-8-4-5-9-18)26-13-12-25-19(15-26)16-6-2-1-3-7-16/h1-3,6-7,10-11,14,18-19,22,25H,4-5,8-9,12-13,15H2/t19-/m1/s1. The second-order valence-electron chi connectivity index (χ2n) is 7.40. The number of benzene rings is 2. The molecule has 0 spiro atoms. The zero-order chi connectivity index (χ0) is 19.3. The largest absolute Gasteiger partial charge is 0.486 e. The number of anilines is 1. The quantitative estimate of drug-likeness (QED) is 0.774. The number of hydrogen-bond donors (Lipinski definition) is 1. The first-order chi connectivity index (χ1) is 13.7. The predicted octanol–water partition coefficient (Wildman–Crippen LogP) is 4.76. The van der Waals surface area contributed by atoms with E-state index in [1.807, 2.05) is 30.3 Å². The summed E-state index contributed by atoms with van der Waals surface area (Å²) in [6.07, 6.45) is 4.23. The summed E-state index contributed by atoms with van der Waals surface area (Å²) in [4.78, 5) is 2.27. The lowest BCUT2D eigenvalue weighted by atomic mass is 10.0. The van der Waals surface area contributed by atoms with Crippen molar-refractivity contribution in [1.29, 1.82) is 0 Å². The van der Waals surface area contributed by atoms with Gasteiger partial charge in [-0.15, -0.1) is 0 Å². The molecule has 0 aromatic heterocycles. The highest BCUT2D eigenvalue weighted by Crippen LogP contribution is 2.36. The normalized spacial score (nSPS) is 20.5. The van der Waals surface area contributed by atoms with E-state index in [0.717, 1.165) is 51.0 Å². The van der Waals surface area contributed by atoms with Crippen molar-refractivity contribution in [2.24, 2.45) is 0 Å². The van der Waals surface area contributed by atoms with Gasteiger partial charge in [-0.3, -0.25) is 0 Å². The monoisotopic (exact) mass is 388 g/mol. The van der Waals surface area contributed by atoms with E-state index < -0.39 is 6.61 Å². The summed E-state index contributed by atoms with van der Waals surface area (Å²) in [6.45, 7) is -0.352. The molecule has 0 radical (unpaired) electrons. The van der Waals surface area contributed by atoms with Gasteiger partial charge in [-0.05, 0) is 43.4 Å². The van der Waals surface area contributed by atoms with Crippen LogP contribution in [0.1, 0.15) is 37.3 Å². The van der Waals surface area contributed by atoms with E-state index in [1.54, 1.807) is 6.07 Å². The predicted molar refractivity (Wildman–Crippen MR) is 105 cm³/mol. The van der Waals surface area contributed by atoms with E-state index in [4.69, 9.17) is 9.47 Å². The maximum atomic E-state index is 12.8. The van der Waals surface area contributed by atoms with Gasteiger partial charge in [0.15, 0.2) is 11.5 Å². The summed E-state index contributed by atoms with van der Waals surface area (Å²) in [5.74, 6) is 0.528. The Hall–Kier alpha value is -2.34. The average Bonchev–Trinajstić information content (AvgIpc) is 3.23. The number of hydrogen-bond acceptors (Lipinski definition) is 4. The molecule has 2 aromatic rings. The van der Waals surface area contributed by atoms with Crippen LogP contribution in [0.25, 0.3) is 0 Å². The third kappa shape index (κ3) is 4.55. The summed E-state index contributed by atoms with van der Waals surface area (Å²) < 4.78 is 36.4. The molecule has 1 saturated carbocycles. The summed E-state index contributed by atoms with van der Waals surface area (Å²) in [7, 11) is 0. The van der Waals surface area contributed by atoms with Crippen LogP contribution in [0.15, 0.2) is 48.5 Å². The molecule has 28 heavy (non-hydrogen) atoms. The molecule has 0 bridgehead atoms. The Kier molecular flexibility index (Phi) is 5.95. The Morgan fingerprint density at radius 1 is 1.00 bits per heavy atom. The van der Waals surface area contributed by atoms with Gasteiger partial charge in [0, 0.05) is 37.4 Å². The molecule has 2 aliphatic rings. The Morgan fingerprint density at radius 3 is 2.54 bits per heavy atom. The summed E-state index contributed by atoms with van der Waals surface area (Å²) >= 11 is 0. The maximum absolute atomic E-state index is 12.8. The van der Waals surface area contributed by atoms with Gasteiger partial charge in [-0.2, -0.15) is 8.78 Å². The van der Waals surface area contributed by atoms with Crippen molar-refractivity contribution < 1.29 is 18.3 Å². The van der Waals surface area contributed by atoms with Crippen LogP contribution in [-0.2, 0) is 0 Å². The van der Waals surface area contributed by atoms with Crippen molar-refractivity contribution in [3.05, 3.63) is 54.1 Å². The molecule has 1 atom stereocenters. The first kappa shape index (κ1) is 19.0. The van der Waals surface area contributed by atoms with E-state index >= 15 is 0 Å². The molecular formula is C22H26F2N2O2. The van der Waals surface area contributed by atoms with Crippen molar-refractivity contribution in [2.45, 2.75) is 44.4 Å². The van der Waals surface area contributed by atoms with Crippen LogP contribution < -0.4 is 19.7 Å². The molecule has 150 valence electrons. The van der Waals surface area contributed by atoms with E-state index in [0.29, 0.717) is 5.75 Å². The smallest absolute Gasteiger partial charge is 0.387 e. The highest BCUT2D eigenvalue weighted by Gasteiger charge is 2.24. The number of halogens is 2. The minimum absolute atomic E-state index is 0.0790. The molecule has 4 rings (SSSR count). The molecule has 6 heteroatoms. The average molecular weight is 388 g/mol. The van der Waals surface area contributed by atoms with Gasteiger partial charge in [0.2, 0.25) is 0 Å². The second kappa shape index (κ2) is 8.78. The minimum Gasteiger partial charge on any atom is -0.486 e. The molecule has 0 unspecified atom stereocenters. The van der Waals surface area contributed by atoms with Crippen LogP contribution in [0.2, 0.25) is 0 Å². The SMILES string of the molecule is FC(F)Oc1ccc(N2CCN[C@@H](c3ccccc3)C2)cc1OC1CCCC1. The van der Waals surface area contributed by atoms with Gasteiger partial charge in [-0.25, -0.2) is 0 Å². The molecule has 1 aliphatic carbocycles. The molecule has 1 heterocycles. The lowest BCUT2D eigenvalue weighted by Crippen LogP contribution is -2.45. The highest BCUT2D eigenvalue weighted by atomic mass is 19.3. The fourth-order valence-electron chi connectivity index (χ4n) is 4.06. The number of ether oxygens (including phenoxy) is 2. The number of piperazine rings is 1. The van der Waals surface area contributed by atoms with E-state index in [1.165, 1.54) is 5.56 Å². The minimum atomic E-state index is -2.86. The molecular weight excluding hydrogens is 362 g/mol. The van der Waals surface area contributed by atoms with Crippen LogP contribution in [0.5, 0.6) is 11.5 Å². The van der Waals surface area contributed by atoms with Crippen LogP contribution >= 0.6 is 0 Å². The molecule has 1 aliphatic heterocycles. The van der Waals surface area contributed by atoms with Crippen molar-refractivity contribution in [3.8, 4) is 11.5 Å². The Bertz CT molecular complexity index is 766. The van der Waals surface area contributed by atoms with Gasteiger partial charge < -0.3 is 19.7 Å². The third-order valence-corrected chi connectivity index (χ3v) is 5.48. The van der Waals surface area contributed by atoms with E-state index in [2.05, 4.69) is 22.3 Å². The lowest BCUT2D eigenvalue weighted by molar-refractivity contribution is -0.0520. The van der Waals surface area contributed by atoms with Crippen LogP contribution in [0, 0.1) is 0 Å². The van der Waals surface area contributed by atoms with Crippen LogP contribution in [0.4, 0.5) is 14.5 Å². The molecule has 2 fully saturated rings. The summed E-state index contributed by atoms with van der Waals surface area (Å²) in [5, 5.41) is 3.55. The zero-order valence-electron chi connectivity index (χ0n) is 15.8. The Morgan fingerprint density at radius 2 is 1.79 bits per heavy atom. The topological polar surface area (TPSA) is 33.7 Å². The van der Waals surface area contributed by atoms with Gasteiger partial charge in [-0.1, -0.05) is 30.3 Å². The van der Waals surface area contributed by atoms with E-state index in [-0.39, 0.29) is 17.9 Å². The summed E-state index contributed by atoms with van der Waals surface area (Å²) in [5.41, 5.74) is 2.21. The van der Waals surface area contributed by atoms with Gasteiger partial charge >= 0.3 is 6.61 Å². The van der Waals surface area contributed by atoms with E-state index in [9.17, 15) is 8.78 Å². The maximum Gasteiger partial charge on any atom is 0.387 e. The van der Waals surface area contributed by atoms with Crippen molar-refractivity contribution in [3.63, 3.8) is 0 Å². The van der Waals surface area contributed by atoms with Crippen LogP contribution in [-0.4, -0.2) is 32.3 Å². The van der Waals surface area contributed by atoms with Gasteiger partial charge in [0.25, 0.3) is 0 Å². The number of rotatable bonds is 6. The molecule has 1 N–H and O–H groups in total. The second-order valence-corrected chi connectivity index (χ2v) is 7.40. The van der Waals surface area contributed by atoms with Crippen molar-refractivity contribution in [1.82, 2.24) is 5.32 Å². The molecule has 0 amide bonds. The summed E-state index contributed by atoms with van der Waals surface area (Å²) in [6, 6.07) is 15.9. The van der Waals surface area contributed by atoms with Crippen molar-refractivity contribution >= 4 is 5.69 Å². The zero-order valence-corrected chi connectivity index (χ0v) is 15.8. The molecule has 2 aromatic carbocycles. The van der Waals surface area contributed by atoms with Gasteiger partial charge in [0.05, 0.1) is 6.10 Å². The third-order valence-electron chi connectivity index (χ3n) is 5.48. The fraction of sp³-hybridized carbons (Fsp3) is 0.455. The Balaban J connectivity index is 1.54. The van der Waals surface area contributed by atoms with Crippen molar-refractivity contribution in [2.75, 3.05) is 24.5 Å².